The summed E-state index contributed by atoms with van der Waals surface area (Å²) in [7, 11) is 1.76. The predicted molar refractivity (Wildman–Crippen MR) is 109 cm³/mol. The number of fused-ring (bicyclic) bond motifs is 1. The van der Waals surface area contributed by atoms with E-state index in [0.29, 0.717) is 6.42 Å². The summed E-state index contributed by atoms with van der Waals surface area (Å²) in [6.07, 6.45) is -18.0. The van der Waals surface area contributed by atoms with Gasteiger partial charge >= 0.3 is 18.5 Å². The van der Waals surface area contributed by atoms with E-state index in [-0.39, 0.29) is 29.9 Å². The number of benzene rings is 2. The molecule has 4 rings (SSSR count). The average Bonchev–Trinajstić information content (AvgIpc) is 3.32. The van der Waals surface area contributed by atoms with E-state index in [1.54, 1.807) is 19.2 Å². The third-order valence-corrected chi connectivity index (χ3v) is 6.98. The fraction of sp³-hybridized carbons (Fsp3) is 0.478. The first kappa shape index (κ1) is 25.6. The van der Waals surface area contributed by atoms with Crippen LogP contribution in [0.2, 0.25) is 0 Å². The number of aliphatic hydroxyl groups is 1. The Morgan fingerprint density at radius 1 is 0.914 bits per heavy atom. The SMILES string of the molecule is CNC1CCc2cc(N3CCC(c4cc(C(F)(F)F)cc(C(F)(F)F)c4)(C(F)(F)F)C3O)ccc21. The number of alkyl halides is 9. The van der Waals surface area contributed by atoms with Crippen LogP contribution in [-0.4, -0.2) is 31.1 Å². The van der Waals surface area contributed by atoms with Crippen LogP contribution < -0.4 is 10.2 Å². The maximum atomic E-state index is 14.5. The molecule has 0 spiro atoms. The Kier molecular flexibility index (Phi) is 6.07. The van der Waals surface area contributed by atoms with Gasteiger partial charge < -0.3 is 15.3 Å². The Morgan fingerprint density at radius 3 is 2.03 bits per heavy atom. The van der Waals surface area contributed by atoms with Crippen LogP contribution in [0.3, 0.4) is 0 Å². The van der Waals surface area contributed by atoms with Gasteiger partial charge in [-0.05, 0) is 73.3 Å². The highest BCUT2D eigenvalue weighted by Crippen LogP contribution is 2.53. The summed E-state index contributed by atoms with van der Waals surface area (Å²) in [5.74, 6) is 0. The molecular formula is C23H21F9N2O. The van der Waals surface area contributed by atoms with E-state index >= 15 is 0 Å². The van der Waals surface area contributed by atoms with Gasteiger partial charge in [-0.1, -0.05) is 6.07 Å². The molecule has 1 saturated heterocycles. The Balaban J connectivity index is 1.83. The van der Waals surface area contributed by atoms with E-state index in [2.05, 4.69) is 5.32 Å². The molecule has 2 N–H and O–H groups in total. The molecule has 3 atom stereocenters. The zero-order valence-corrected chi connectivity index (χ0v) is 18.2. The van der Waals surface area contributed by atoms with Crippen molar-refractivity contribution >= 4 is 5.69 Å². The van der Waals surface area contributed by atoms with Crippen LogP contribution in [0.1, 0.15) is 46.7 Å². The van der Waals surface area contributed by atoms with Gasteiger partial charge in [-0.3, -0.25) is 0 Å². The van der Waals surface area contributed by atoms with Crippen molar-refractivity contribution in [1.29, 1.82) is 0 Å². The molecule has 3 unspecified atom stereocenters. The molecule has 2 aromatic carbocycles. The summed E-state index contributed by atoms with van der Waals surface area (Å²) in [6, 6.07) is 4.73. The lowest BCUT2D eigenvalue weighted by Gasteiger charge is -2.38. The number of nitrogens with one attached hydrogen (secondary N) is 1. The number of halogens is 9. The summed E-state index contributed by atoms with van der Waals surface area (Å²) in [5, 5.41) is 14.0. The van der Waals surface area contributed by atoms with E-state index in [1.807, 2.05) is 0 Å². The lowest BCUT2D eigenvalue weighted by Crippen LogP contribution is -2.52. The van der Waals surface area contributed by atoms with Gasteiger partial charge in [-0.2, -0.15) is 39.5 Å². The molecule has 2 aromatic rings. The Morgan fingerprint density at radius 2 is 1.51 bits per heavy atom. The molecule has 0 amide bonds. The van der Waals surface area contributed by atoms with E-state index in [9.17, 15) is 44.6 Å². The number of aliphatic hydroxyl groups excluding tert-OH is 1. The van der Waals surface area contributed by atoms with Crippen LogP contribution in [0.25, 0.3) is 0 Å². The van der Waals surface area contributed by atoms with Crippen LogP contribution in [-0.2, 0) is 24.2 Å². The first-order valence-corrected chi connectivity index (χ1v) is 10.7. The van der Waals surface area contributed by atoms with Crippen molar-refractivity contribution in [2.45, 2.75) is 55.5 Å². The summed E-state index contributed by atoms with van der Waals surface area (Å²) in [4.78, 5) is 0.980. The van der Waals surface area contributed by atoms with Crippen molar-refractivity contribution in [1.82, 2.24) is 5.32 Å². The maximum Gasteiger partial charge on any atom is 0.416 e. The minimum absolute atomic E-state index is 0.0512. The quantitative estimate of drug-likeness (QED) is 0.499. The summed E-state index contributed by atoms with van der Waals surface area (Å²) in [6.45, 7) is -0.424. The molecule has 1 heterocycles. The third-order valence-electron chi connectivity index (χ3n) is 6.98. The fourth-order valence-electron chi connectivity index (χ4n) is 5.12. The van der Waals surface area contributed by atoms with Crippen molar-refractivity contribution in [2.75, 3.05) is 18.5 Å². The number of hydrogen-bond donors (Lipinski definition) is 2. The third kappa shape index (κ3) is 4.24. The van der Waals surface area contributed by atoms with Gasteiger partial charge in [0.25, 0.3) is 0 Å². The largest absolute Gasteiger partial charge is 0.416 e. The summed E-state index contributed by atoms with van der Waals surface area (Å²) < 4.78 is 123. The van der Waals surface area contributed by atoms with Crippen molar-refractivity contribution in [3.05, 3.63) is 64.2 Å². The molecular weight excluding hydrogens is 491 g/mol. The van der Waals surface area contributed by atoms with Crippen LogP contribution in [0, 0.1) is 0 Å². The molecule has 3 nitrogen and oxygen atoms in total. The van der Waals surface area contributed by atoms with E-state index in [0.717, 1.165) is 22.4 Å². The molecule has 12 heteroatoms. The molecule has 35 heavy (non-hydrogen) atoms. The van der Waals surface area contributed by atoms with Gasteiger partial charge in [0.2, 0.25) is 0 Å². The lowest BCUT2D eigenvalue weighted by molar-refractivity contribution is -0.211. The normalized spacial score (nSPS) is 25.3. The van der Waals surface area contributed by atoms with E-state index < -0.39 is 59.8 Å². The Labute approximate surface area is 194 Å². The molecule has 1 fully saturated rings. The van der Waals surface area contributed by atoms with E-state index in [4.69, 9.17) is 0 Å². The highest BCUT2D eigenvalue weighted by Gasteiger charge is 2.65. The van der Waals surface area contributed by atoms with Crippen LogP contribution in [0.15, 0.2) is 36.4 Å². The zero-order chi connectivity index (χ0) is 26.0. The average molecular weight is 512 g/mol. The van der Waals surface area contributed by atoms with Crippen molar-refractivity contribution in [3.63, 3.8) is 0 Å². The number of rotatable bonds is 3. The number of nitrogens with zero attached hydrogens (tertiary/aromatic N) is 1. The fourth-order valence-corrected chi connectivity index (χ4v) is 5.12. The molecule has 1 aliphatic carbocycles. The molecule has 0 saturated carbocycles. The second-order valence-electron chi connectivity index (χ2n) is 8.84. The Hall–Kier alpha value is -2.47. The highest BCUT2D eigenvalue weighted by molar-refractivity contribution is 5.56. The van der Waals surface area contributed by atoms with Crippen molar-refractivity contribution in [3.8, 4) is 0 Å². The van der Waals surface area contributed by atoms with Crippen LogP contribution >= 0.6 is 0 Å². The molecule has 2 aliphatic rings. The summed E-state index contributed by atoms with van der Waals surface area (Å²) >= 11 is 0. The minimum Gasteiger partial charge on any atom is -0.372 e. The zero-order valence-electron chi connectivity index (χ0n) is 18.2. The molecule has 0 aromatic heterocycles. The maximum absolute atomic E-state index is 14.5. The van der Waals surface area contributed by atoms with Gasteiger partial charge in [-0.15, -0.1) is 0 Å². The smallest absolute Gasteiger partial charge is 0.372 e. The first-order chi connectivity index (χ1) is 16.1. The van der Waals surface area contributed by atoms with E-state index in [1.165, 1.54) is 6.07 Å². The van der Waals surface area contributed by atoms with Gasteiger partial charge in [0.15, 0.2) is 0 Å². The van der Waals surface area contributed by atoms with Crippen LogP contribution in [0.5, 0.6) is 0 Å². The van der Waals surface area contributed by atoms with Crippen molar-refractivity contribution in [2.24, 2.45) is 0 Å². The molecule has 1 aliphatic heterocycles. The monoisotopic (exact) mass is 512 g/mol. The number of aryl methyl sites for hydroxylation is 1. The first-order valence-electron chi connectivity index (χ1n) is 10.7. The second-order valence-corrected chi connectivity index (χ2v) is 8.84. The highest BCUT2D eigenvalue weighted by atomic mass is 19.4. The van der Waals surface area contributed by atoms with Gasteiger partial charge in [-0.25, -0.2) is 0 Å². The molecule has 0 bridgehead atoms. The minimum atomic E-state index is -5.35. The van der Waals surface area contributed by atoms with Gasteiger partial charge in [0.05, 0.1) is 11.1 Å². The number of anilines is 1. The predicted octanol–water partition coefficient (Wildman–Crippen LogP) is 5.96. The number of hydrogen-bond acceptors (Lipinski definition) is 3. The topological polar surface area (TPSA) is 35.5 Å². The Bertz CT molecular complexity index is 1080. The van der Waals surface area contributed by atoms with Gasteiger partial charge in [0.1, 0.15) is 11.6 Å². The molecule has 192 valence electrons. The second kappa shape index (κ2) is 8.29. The molecule has 0 radical (unpaired) electrons. The van der Waals surface area contributed by atoms with Gasteiger partial charge in [0, 0.05) is 18.3 Å². The van der Waals surface area contributed by atoms with Crippen LogP contribution in [0.4, 0.5) is 45.2 Å². The standard InChI is InChI=1S/C23H21F9N2O/c1-33-18-5-2-12-8-16(3-4-17(12)18)34-7-6-20(19(34)35,23(30,31)32)13-9-14(21(24,25)26)11-15(10-13)22(27,28)29/h3-4,8-11,18-19,33,35H,2,5-7H2,1H3. The van der Waals surface area contributed by atoms with Crippen molar-refractivity contribution < 1.29 is 44.6 Å². The summed E-state index contributed by atoms with van der Waals surface area (Å²) in [5.41, 5.74) is -6.38. The lowest BCUT2D eigenvalue weighted by atomic mass is 9.76.